The molecule has 0 aromatic heterocycles. The maximum Gasteiger partial charge on any atom is 0.255 e. The van der Waals surface area contributed by atoms with Crippen molar-refractivity contribution in [2.75, 3.05) is 25.0 Å². The first kappa shape index (κ1) is 22.1. The average Bonchev–Trinajstić information content (AvgIpc) is 2.91. The minimum absolute atomic E-state index is 0.0964. The summed E-state index contributed by atoms with van der Waals surface area (Å²) in [5.41, 5.74) is 7.08. The Labute approximate surface area is 187 Å². The van der Waals surface area contributed by atoms with Crippen molar-refractivity contribution in [1.29, 1.82) is 0 Å². The lowest BCUT2D eigenvalue weighted by Crippen LogP contribution is -2.58. The number of benzene rings is 1. The van der Waals surface area contributed by atoms with Crippen molar-refractivity contribution in [2.45, 2.75) is 57.7 Å². The van der Waals surface area contributed by atoms with Gasteiger partial charge in [0, 0.05) is 44.1 Å². The third-order valence-electron chi connectivity index (χ3n) is 7.05. The van der Waals surface area contributed by atoms with E-state index in [1.54, 1.807) is 22.8 Å². The Morgan fingerprint density at radius 2 is 1.84 bits per heavy atom. The number of fused-ring (bicyclic) bond motifs is 1. The first-order valence-corrected chi connectivity index (χ1v) is 11.3. The van der Waals surface area contributed by atoms with E-state index in [-0.39, 0.29) is 36.0 Å². The molecule has 172 valence electrons. The number of anilines is 1. The lowest BCUT2D eigenvalue weighted by atomic mass is 9.94. The molecule has 0 bridgehead atoms. The Hall–Kier alpha value is -3.10. The molecule has 1 aromatic carbocycles. The van der Waals surface area contributed by atoms with Gasteiger partial charge >= 0.3 is 0 Å². The molecular weight excluding hydrogens is 410 g/mol. The number of amides is 4. The molecule has 9 nitrogen and oxygen atoms in total. The first-order chi connectivity index (χ1) is 15.2. The van der Waals surface area contributed by atoms with Crippen molar-refractivity contribution >= 4 is 29.3 Å². The van der Waals surface area contributed by atoms with E-state index in [0.29, 0.717) is 50.9 Å². The van der Waals surface area contributed by atoms with Crippen molar-refractivity contribution in [3.8, 4) is 0 Å². The average molecular weight is 442 g/mol. The Bertz CT molecular complexity index is 956. The summed E-state index contributed by atoms with van der Waals surface area (Å²) in [4.78, 5) is 53.5. The summed E-state index contributed by atoms with van der Waals surface area (Å²) in [6, 6.07) is 5.05. The van der Waals surface area contributed by atoms with E-state index >= 15 is 0 Å². The number of nitrogens with one attached hydrogen (secondary N) is 2. The highest BCUT2D eigenvalue weighted by molar-refractivity contribution is 6.02. The van der Waals surface area contributed by atoms with Gasteiger partial charge < -0.3 is 26.2 Å². The van der Waals surface area contributed by atoms with Gasteiger partial charge in [-0.15, -0.1) is 0 Å². The Morgan fingerprint density at radius 3 is 2.53 bits per heavy atom. The molecule has 0 aliphatic carbocycles. The van der Waals surface area contributed by atoms with Crippen LogP contribution in [0.15, 0.2) is 18.2 Å². The molecule has 4 amide bonds. The van der Waals surface area contributed by atoms with Crippen molar-refractivity contribution in [3.63, 3.8) is 0 Å². The Morgan fingerprint density at radius 1 is 1.12 bits per heavy atom. The number of aryl methyl sites for hydroxylation is 1. The van der Waals surface area contributed by atoms with Gasteiger partial charge in [0.05, 0.1) is 5.56 Å². The number of hydrogen-bond donors (Lipinski definition) is 3. The highest BCUT2D eigenvalue weighted by atomic mass is 16.2. The molecule has 3 heterocycles. The molecule has 1 spiro atoms. The van der Waals surface area contributed by atoms with Crippen LogP contribution in [-0.2, 0) is 14.4 Å². The number of carbonyl (C=O) groups is 4. The first-order valence-electron chi connectivity index (χ1n) is 11.3. The second-order valence-corrected chi connectivity index (χ2v) is 9.23. The molecule has 9 heteroatoms. The number of nitrogens with zero attached hydrogens (tertiary/aromatic N) is 2. The zero-order chi connectivity index (χ0) is 23.0. The van der Waals surface area contributed by atoms with Crippen molar-refractivity contribution in [1.82, 2.24) is 15.1 Å². The van der Waals surface area contributed by atoms with E-state index < -0.39 is 11.7 Å². The largest absolute Gasteiger partial charge is 0.369 e. The van der Waals surface area contributed by atoms with Gasteiger partial charge in [0.25, 0.3) is 5.91 Å². The molecule has 3 aliphatic heterocycles. The van der Waals surface area contributed by atoms with Crippen LogP contribution in [0.2, 0.25) is 0 Å². The Balaban J connectivity index is 1.44. The van der Waals surface area contributed by atoms with Crippen LogP contribution >= 0.6 is 0 Å². The summed E-state index contributed by atoms with van der Waals surface area (Å²) in [5, 5.41) is 6.53. The fourth-order valence-corrected chi connectivity index (χ4v) is 5.00. The van der Waals surface area contributed by atoms with Gasteiger partial charge in [0.2, 0.25) is 17.7 Å². The van der Waals surface area contributed by atoms with Gasteiger partial charge in [-0.1, -0.05) is 6.07 Å². The topological polar surface area (TPSA) is 125 Å². The normalized spacial score (nSPS) is 24.9. The number of nitrogens with two attached hydrogens (primary N) is 1. The van der Waals surface area contributed by atoms with E-state index in [2.05, 4.69) is 10.6 Å². The molecule has 0 radical (unpaired) electrons. The summed E-state index contributed by atoms with van der Waals surface area (Å²) in [7, 11) is 0. The molecule has 2 saturated heterocycles. The van der Waals surface area contributed by atoms with Crippen LogP contribution in [0.3, 0.4) is 0 Å². The van der Waals surface area contributed by atoms with Crippen LogP contribution in [0.4, 0.5) is 5.69 Å². The van der Waals surface area contributed by atoms with Crippen molar-refractivity contribution in [2.24, 2.45) is 11.7 Å². The minimum atomic E-state index is -0.717. The minimum Gasteiger partial charge on any atom is -0.369 e. The predicted molar refractivity (Wildman–Crippen MR) is 119 cm³/mol. The summed E-state index contributed by atoms with van der Waals surface area (Å²) >= 11 is 0. The number of carbonyl (C=O) groups excluding carboxylic acids is 4. The second kappa shape index (κ2) is 8.44. The Kier molecular flexibility index (Phi) is 5.83. The van der Waals surface area contributed by atoms with Gasteiger partial charge in [-0.3, -0.25) is 19.2 Å². The third kappa shape index (κ3) is 4.16. The fourth-order valence-electron chi connectivity index (χ4n) is 5.00. The maximum atomic E-state index is 13.1. The summed E-state index contributed by atoms with van der Waals surface area (Å²) in [6.07, 6.45) is 2.29. The third-order valence-corrected chi connectivity index (χ3v) is 7.05. The van der Waals surface area contributed by atoms with Crippen LogP contribution in [-0.4, -0.2) is 64.8 Å². The molecular formula is C23H31N5O4. The smallest absolute Gasteiger partial charge is 0.255 e. The molecule has 3 aliphatic rings. The number of rotatable bonds is 3. The highest BCUT2D eigenvalue weighted by Gasteiger charge is 2.42. The van der Waals surface area contributed by atoms with Crippen molar-refractivity contribution < 1.29 is 19.2 Å². The lowest BCUT2D eigenvalue weighted by Gasteiger charge is -2.40. The van der Waals surface area contributed by atoms with Crippen molar-refractivity contribution in [3.05, 3.63) is 29.3 Å². The zero-order valence-corrected chi connectivity index (χ0v) is 18.6. The van der Waals surface area contributed by atoms with Gasteiger partial charge in [0.15, 0.2) is 0 Å². The second-order valence-electron chi connectivity index (χ2n) is 9.23. The van der Waals surface area contributed by atoms with E-state index in [0.717, 1.165) is 11.3 Å². The number of likely N-dealkylation sites (tertiary alicyclic amines) is 2. The predicted octanol–water partition coefficient (Wildman–Crippen LogP) is 0.972. The molecule has 4 N–H and O–H groups in total. The zero-order valence-electron chi connectivity index (χ0n) is 18.6. The van der Waals surface area contributed by atoms with Crippen LogP contribution in [0.1, 0.15) is 54.9 Å². The molecule has 2 fully saturated rings. The number of hydrogen-bond acceptors (Lipinski definition) is 5. The molecule has 0 saturated carbocycles. The number of primary amides is 1. The standard InChI is InChI=1S/C23H31N5O4/c1-14-3-4-17-18(13-14)25-23(26-21(17)31)8-5-19(29)28(12-9-23)15(2)22(32)27-10-6-16(7-11-27)20(24)30/h3-4,13,15-16,25H,5-12H2,1-2H3,(H2,24,30)(H,26,31). The van der Waals surface area contributed by atoms with Gasteiger partial charge in [-0.25, -0.2) is 0 Å². The summed E-state index contributed by atoms with van der Waals surface area (Å²) in [6.45, 7) is 5.02. The van der Waals surface area contributed by atoms with Crippen LogP contribution in [0.25, 0.3) is 0 Å². The van der Waals surface area contributed by atoms with Crippen LogP contribution in [0, 0.1) is 12.8 Å². The molecule has 2 atom stereocenters. The van der Waals surface area contributed by atoms with E-state index in [1.807, 2.05) is 19.1 Å². The van der Waals surface area contributed by atoms with Gasteiger partial charge in [-0.05, 0) is 50.8 Å². The van der Waals surface area contributed by atoms with Crippen LogP contribution in [0.5, 0.6) is 0 Å². The van der Waals surface area contributed by atoms with Crippen LogP contribution < -0.4 is 16.4 Å². The molecule has 1 aromatic rings. The quantitative estimate of drug-likeness (QED) is 0.645. The highest BCUT2D eigenvalue weighted by Crippen LogP contribution is 2.33. The van der Waals surface area contributed by atoms with E-state index in [1.165, 1.54) is 0 Å². The lowest BCUT2D eigenvalue weighted by molar-refractivity contribution is -0.146. The van der Waals surface area contributed by atoms with Gasteiger partial charge in [-0.2, -0.15) is 0 Å². The SMILES string of the molecule is Cc1ccc2c(c1)NC1(CCC(=O)N(C(C)C(=O)N3CCC(C(N)=O)CC3)CC1)NC2=O. The maximum absolute atomic E-state index is 13.1. The molecule has 2 unspecified atom stereocenters. The monoisotopic (exact) mass is 441 g/mol. The number of piperidine rings is 1. The van der Waals surface area contributed by atoms with E-state index in [4.69, 9.17) is 5.73 Å². The summed E-state index contributed by atoms with van der Waals surface area (Å²) < 4.78 is 0. The molecule has 4 rings (SSSR count). The van der Waals surface area contributed by atoms with E-state index in [9.17, 15) is 19.2 Å². The molecule has 32 heavy (non-hydrogen) atoms. The fraction of sp³-hybridized carbons (Fsp3) is 0.565. The summed E-state index contributed by atoms with van der Waals surface area (Å²) in [5.74, 6) is -0.876. The van der Waals surface area contributed by atoms with Gasteiger partial charge in [0.1, 0.15) is 11.7 Å².